The Morgan fingerprint density at radius 1 is 1.05 bits per heavy atom. The van der Waals surface area contributed by atoms with Crippen LogP contribution in [0.15, 0.2) is 65.1 Å². The molecule has 1 spiro atoms. The third-order valence-electron chi connectivity index (χ3n) is 7.76. The van der Waals surface area contributed by atoms with E-state index in [1.165, 1.54) is 0 Å². The average molecular weight is 616 g/mol. The molecule has 2 N–H and O–H groups in total. The van der Waals surface area contributed by atoms with E-state index in [2.05, 4.69) is 33.5 Å². The second kappa shape index (κ2) is 9.56. The van der Waals surface area contributed by atoms with Crippen LogP contribution >= 0.6 is 39.1 Å². The number of carbonyl (C=O) groups is 2. The first kappa shape index (κ1) is 25.7. The number of fused-ring (bicyclic) bond motifs is 2. The highest BCUT2D eigenvalue weighted by atomic mass is 79.9. The minimum Gasteiger partial charge on any atom is -0.492 e. The summed E-state index contributed by atoms with van der Waals surface area (Å²) < 4.78 is 12.6. The molecule has 3 atom stereocenters. The largest absolute Gasteiger partial charge is 0.492 e. The van der Waals surface area contributed by atoms with Crippen molar-refractivity contribution in [3.63, 3.8) is 0 Å². The van der Waals surface area contributed by atoms with E-state index in [9.17, 15) is 9.59 Å². The highest BCUT2D eigenvalue weighted by Gasteiger charge is 2.61. The van der Waals surface area contributed by atoms with Gasteiger partial charge in [0, 0.05) is 43.5 Å². The molecule has 3 aromatic carbocycles. The summed E-state index contributed by atoms with van der Waals surface area (Å²) in [5, 5.41) is 7.28. The summed E-state index contributed by atoms with van der Waals surface area (Å²) in [6, 6.07) is 17.8. The summed E-state index contributed by atoms with van der Waals surface area (Å²) >= 11 is 16.3. The quantitative estimate of drug-likeness (QED) is 0.348. The zero-order valence-electron chi connectivity index (χ0n) is 20.5. The number of hydrogen-bond donors (Lipinski definition) is 2. The number of amides is 2. The average Bonchev–Trinajstić information content (AvgIpc) is 3.14. The van der Waals surface area contributed by atoms with Crippen LogP contribution in [0.1, 0.15) is 42.0 Å². The molecule has 3 heterocycles. The molecule has 38 heavy (non-hydrogen) atoms. The van der Waals surface area contributed by atoms with Crippen molar-refractivity contribution in [2.24, 2.45) is 5.41 Å². The van der Waals surface area contributed by atoms with E-state index in [4.69, 9.17) is 32.7 Å². The maximum atomic E-state index is 14.2. The topological polar surface area (TPSA) is 76.7 Å². The highest BCUT2D eigenvalue weighted by molar-refractivity contribution is 9.10. The Balaban J connectivity index is 1.56. The first-order valence-electron chi connectivity index (χ1n) is 12.4. The molecular weight excluding hydrogens is 591 g/mol. The molecule has 3 aromatic rings. The molecule has 2 amide bonds. The highest BCUT2D eigenvalue weighted by Crippen LogP contribution is 2.58. The Bertz CT molecular complexity index is 1460. The third kappa shape index (κ3) is 4.20. The van der Waals surface area contributed by atoms with Gasteiger partial charge in [0.05, 0.1) is 25.9 Å². The maximum absolute atomic E-state index is 14.2. The third-order valence-corrected chi connectivity index (χ3v) is 8.73. The minimum absolute atomic E-state index is 0.0880. The Labute approximate surface area is 239 Å². The van der Waals surface area contributed by atoms with Gasteiger partial charge >= 0.3 is 0 Å². The van der Waals surface area contributed by atoms with E-state index in [0.717, 1.165) is 15.6 Å². The van der Waals surface area contributed by atoms with Crippen LogP contribution in [0.4, 0.5) is 5.69 Å². The number of hydrogen-bond acceptors (Lipinski definition) is 4. The Kier molecular flexibility index (Phi) is 6.46. The lowest BCUT2D eigenvalue weighted by molar-refractivity contribution is -0.131. The van der Waals surface area contributed by atoms with E-state index in [1.54, 1.807) is 18.2 Å². The van der Waals surface area contributed by atoms with Gasteiger partial charge in [0.2, 0.25) is 11.8 Å². The van der Waals surface area contributed by atoms with Gasteiger partial charge in [0.25, 0.3) is 0 Å². The number of benzene rings is 3. The van der Waals surface area contributed by atoms with Gasteiger partial charge in [-0.3, -0.25) is 9.59 Å². The second-order valence-electron chi connectivity index (χ2n) is 10.6. The summed E-state index contributed by atoms with van der Waals surface area (Å²) in [5.41, 5.74) is 1.66. The minimum atomic E-state index is -1.18. The standard InChI is InChI=1S/C29H25BrCl2N2O4/c1-28(13-37-14-28)15-38-24-8-5-17(30)10-20(24)26-29(21-7-6-19(32)11-23(21)33-27(29)36)22(12-25(35)34-26)16-3-2-4-18(31)9-16/h2-11,22,26H,12-15H2,1H3,(H,33,36)(H,34,35)/t22-,26+,29-/m1/s1. The van der Waals surface area contributed by atoms with Gasteiger partial charge in [-0.25, -0.2) is 0 Å². The molecule has 0 aromatic heterocycles. The van der Waals surface area contributed by atoms with Crippen LogP contribution in [0, 0.1) is 5.41 Å². The zero-order chi connectivity index (χ0) is 26.7. The molecule has 0 unspecified atom stereocenters. The van der Waals surface area contributed by atoms with Crippen LogP contribution in [-0.2, 0) is 19.7 Å². The van der Waals surface area contributed by atoms with Crippen molar-refractivity contribution in [2.75, 3.05) is 25.1 Å². The predicted molar refractivity (Wildman–Crippen MR) is 150 cm³/mol. The van der Waals surface area contributed by atoms with Crippen molar-refractivity contribution in [3.05, 3.63) is 91.9 Å². The fourth-order valence-corrected chi connectivity index (χ4v) is 6.68. The normalized spacial score (nSPS) is 25.4. The number of rotatable bonds is 5. The van der Waals surface area contributed by atoms with Crippen LogP contribution < -0.4 is 15.4 Å². The summed E-state index contributed by atoms with van der Waals surface area (Å²) in [6.45, 7) is 3.80. The summed E-state index contributed by atoms with van der Waals surface area (Å²) in [7, 11) is 0. The van der Waals surface area contributed by atoms with Crippen molar-refractivity contribution in [3.8, 4) is 5.75 Å². The van der Waals surface area contributed by atoms with Gasteiger partial charge in [-0.15, -0.1) is 0 Å². The fraction of sp³-hybridized carbons (Fsp3) is 0.310. The smallest absolute Gasteiger partial charge is 0.238 e. The number of nitrogens with one attached hydrogen (secondary N) is 2. The molecule has 196 valence electrons. The Hall–Kier alpha value is -2.58. The van der Waals surface area contributed by atoms with Crippen LogP contribution in [0.25, 0.3) is 0 Å². The zero-order valence-corrected chi connectivity index (χ0v) is 23.6. The predicted octanol–water partition coefficient (Wildman–Crippen LogP) is 6.41. The van der Waals surface area contributed by atoms with E-state index >= 15 is 0 Å². The molecular formula is C29H25BrCl2N2O4. The molecule has 6 nitrogen and oxygen atoms in total. The van der Waals surface area contributed by atoms with E-state index in [1.807, 2.05) is 42.5 Å². The lowest BCUT2D eigenvalue weighted by Crippen LogP contribution is -2.57. The van der Waals surface area contributed by atoms with Crippen LogP contribution in [-0.4, -0.2) is 31.6 Å². The van der Waals surface area contributed by atoms with Crippen molar-refractivity contribution < 1.29 is 19.1 Å². The van der Waals surface area contributed by atoms with Gasteiger partial charge in [-0.05, 0) is 53.6 Å². The lowest BCUT2D eigenvalue weighted by Gasteiger charge is -2.47. The molecule has 9 heteroatoms. The number of ether oxygens (including phenoxy) is 2. The lowest BCUT2D eigenvalue weighted by atomic mass is 9.59. The first-order valence-corrected chi connectivity index (χ1v) is 13.9. The van der Waals surface area contributed by atoms with Gasteiger partial charge < -0.3 is 20.1 Å². The van der Waals surface area contributed by atoms with Crippen LogP contribution in [0.3, 0.4) is 0 Å². The van der Waals surface area contributed by atoms with Gasteiger partial charge in [0.1, 0.15) is 11.2 Å². The van der Waals surface area contributed by atoms with Gasteiger partial charge in [-0.2, -0.15) is 0 Å². The molecule has 3 aliphatic heterocycles. The molecule has 0 bridgehead atoms. The molecule has 0 radical (unpaired) electrons. The van der Waals surface area contributed by atoms with Crippen molar-refractivity contribution in [1.82, 2.24) is 5.32 Å². The van der Waals surface area contributed by atoms with Crippen LogP contribution in [0.2, 0.25) is 10.0 Å². The molecule has 3 aliphatic rings. The van der Waals surface area contributed by atoms with Gasteiger partial charge in [0.15, 0.2) is 0 Å². The molecule has 6 rings (SSSR count). The Morgan fingerprint density at radius 2 is 1.84 bits per heavy atom. The van der Waals surface area contributed by atoms with Crippen molar-refractivity contribution >= 4 is 56.6 Å². The summed E-state index contributed by atoms with van der Waals surface area (Å²) in [6.07, 6.45) is 0.117. The molecule has 2 fully saturated rings. The summed E-state index contributed by atoms with van der Waals surface area (Å²) in [5.74, 6) is -0.263. The van der Waals surface area contributed by atoms with E-state index in [0.29, 0.717) is 46.9 Å². The number of carbonyl (C=O) groups excluding carboxylic acids is 2. The molecule has 0 aliphatic carbocycles. The second-order valence-corrected chi connectivity index (χ2v) is 12.4. The monoisotopic (exact) mass is 614 g/mol. The Morgan fingerprint density at radius 3 is 2.58 bits per heavy atom. The number of halogens is 3. The SMILES string of the molecule is CC1(COc2ccc(Br)cc2[C@@H]2NC(=O)C[C@H](c3cccc(Cl)c3)[C@@]23C(=O)Nc2cc(Cl)ccc23)COC1. The van der Waals surface area contributed by atoms with Crippen LogP contribution in [0.5, 0.6) is 5.75 Å². The van der Waals surface area contributed by atoms with Crippen molar-refractivity contribution in [1.29, 1.82) is 0 Å². The number of piperidine rings is 1. The molecule has 2 saturated heterocycles. The maximum Gasteiger partial charge on any atom is 0.238 e. The molecule has 0 saturated carbocycles. The number of anilines is 1. The van der Waals surface area contributed by atoms with E-state index < -0.39 is 17.4 Å². The van der Waals surface area contributed by atoms with Gasteiger partial charge in [-0.1, -0.05) is 64.3 Å². The van der Waals surface area contributed by atoms with Crippen molar-refractivity contribution in [2.45, 2.75) is 30.7 Å². The fourth-order valence-electron chi connectivity index (χ4n) is 5.93. The first-order chi connectivity index (χ1) is 18.2. The van der Waals surface area contributed by atoms with E-state index in [-0.39, 0.29) is 23.7 Å². The summed E-state index contributed by atoms with van der Waals surface area (Å²) in [4.78, 5) is 27.6.